The Morgan fingerprint density at radius 3 is 2.43 bits per heavy atom. The molecule has 0 aromatic heterocycles. The van der Waals surface area contributed by atoms with Crippen molar-refractivity contribution in [2.45, 2.75) is 44.4 Å². The van der Waals surface area contributed by atoms with Gasteiger partial charge in [0.15, 0.2) is 5.78 Å². The number of Topliss-reactive ketones (excluding diaryl/α,β-unsaturated/α-hetero) is 1. The van der Waals surface area contributed by atoms with Crippen LogP contribution in [0.1, 0.15) is 47.2 Å². The van der Waals surface area contributed by atoms with Gasteiger partial charge in [-0.15, -0.1) is 0 Å². The number of amides is 1. The van der Waals surface area contributed by atoms with Crippen LogP contribution in [0.4, 0.5) is 4.79 Å². The summed E-state index contributed by atoms with van der Waals surface area (Å²) in [6.07, 6.45) is 2.77. The van der Waals surface area contributed by atoms with Crippen molar-refractivity contribution in [1.82, 2.24) is 4.90 Å². The summed E-state index contributed by atoms with van der Waals surface area (Å²) >= 11 is 0. The highest BCUT2D eigenvalue weighted by Gasteiger charge is 2.46. The van der Waals surface area contributed by atoms with Crippen molar-refractivity contribution in [2.75, 3.05) is 7.11 Å². The van der Waals surface area contributed by atoms with Crippen molar-refractivity contribution >= 4 is 11.9 Å². The zero-order valence-corrected chi connectivity index (χ0v) is 16.9. The number of methoxy groups -OCH3 is 1. The highest BCUT2D eigenvalue weighted by atomic mass is 16.6. The molecule has 0 radical (unpaired) electrons. The number of ether oxygens (including phenoxy) is 2. The summed E-state index contributed by atoms with van der Waals surface area (Å²) in [5.74, 6) is 0.318. The van der Waals surface area contributed by atoms with Crippen LogP contribution >= 0.6 is 0 Å². The summed E-state index contributed by atoms with van der Waals surface area (Å²) in [6, 6.07) is 16.7. The zero-order valence-electron chi connectivity index (χ0n) is 16.9. The first kappa shape index (κ1) is 20.0. The molecule has 0 spiro atoms. The van der Waals surface area contributed by atoms with Crippen molar-refractivity contribution < 1.29 is 19.1 Å². The van der Waals surface area contributed by atoms with Crippen LogP contribution in [0, 0.1) is 17.2 Å². The average molecular weight is 404 g/mol. The minimum Gasteiger partial charge on any atom is -0.495 e. The molecule has 2 unspecified atom stereocenters. The van der Waals surface area contributed by atoms with E-state index in [-0.39, 0.29) is 36.5 Å². The first-order chi connectivity index (χ1) is 14.6. The summed E-state index contributed by atoms with van der Waals surface area (Å²) < 4.78 is 10.8. The molecule has 2 bridgehead atoms. The predicted molar refractivity (Wildman–Crippen MR) is 110 cm³/mol. The van der Waals surface area contributed by atoms with E-state index in [0.717, 1.165) is 18.4 Å². The standard InChI is InChI=1S/C24H24N2O4/c1-29-22-13-17(7-8-18(22)14-25)23(27)19-11-20-9-10-21(12-19)26(20)24(28)30-15-16-5-3-2-4-6-16/h2-8,13,19-21H,9-12,15H2,1H3. The van der Waals surface area contributed by atoms with Gasteiger partial charge in [-0.05, 0) is 49.4 Å². The molecule has 2 aromatic carbocycles. The van der Waals surface area contributed by atoms with Gasteiger partial charge < -0.3 is 14.4 Å². The second kappa shape index (κ2) is 8.58. The number of hydrogen-bond acceptors (Lipinski definition) is 5. The Balaban J connectivity index is 1.42. The molecule has 2 fully saturated rings. The fourth-order valence-corrected chi connectivity index (χ4v) is 4.66. The predicted octanol–water partition coefficient (Wildman–Crippen LogP) is 4.33. The van der Waals surface area contributed by atoms with Crippen LogP contribution in [0.2, 0.25) is 0 Å². The number of carbonyl (C=O) groups excluding carboxylic acids is 2. The Bertz CT molecular complexity index is 968. The molecule has 2 aliphatic rings. The van der Waals surface area contributed by atoms with Gasteiger partial charge in [-0.25, -0.2) is 4.79 Å². The molecular weight excluding hydrogens is 380 g/mol. The number of benzene rings is 2. The second-order valence-corrected chi connectivity index (χ2v) is 7.89. The van der Waals surface area contributed by atoms with E-state index in [9.17, 15) is 9.59 Å². The van der Waals surface area contributed by atoms with E-state index in [1.54, 1.807) is 18.2 Å². The number of ketones is 1. The monoisotopic (exact) mass is 404 g/mol. The lowest BCUT2D eigenvalue weighted by molar-refractivity contribution is 0.0485. The molecule has 0 saturated carbocycles. The van der Waals surface area contributed by atoms with Gasteiger partial charge in [-0.1, -0.05) is 30.3 Å². The van der Waals surface area contributed by atoms with Crippen LogP contribution in [0.5, 0.6) is 5.75 Å². The first-order valence-electron chi connectivity index (χ1n) is 10.2. The maximum absolute atomic E-state index is 13.1. The molecule has 6 heteroatoms. The Labute approximate surface area is 176 Å². The minimum absolute atomic E-state index is 0.0289. The van der Waals surface area contributed by atoms with Gasteiger partial charge in [-0.2, -0.15) is 5.26 Å². The van der Waals surface area contributed by atoms with E-state index in [0.29, 0.717) is 29.7 Å². The molecule has 30 heavy (non-hydrogen) atoms. The van der Waals surface area contributed by atoms with Gasteiger partial charge in [-0.3, -0.25) is 4.79 Å². The fraction of sp³-hybridized carbons (Fsp3) is 0.375. The smallest absolute Gasteiger partial charge is 0.410 e. The number of rotatable bonds is 5. The first-order valence-corrected chi connectivity index (χ1v) is 10.2. The Morgan fingerprint density at radius 2 is 1.80 bits per heavy atom. The normalized spacial score (nSPS) is 22.3. The Morgan fingerprint density at radius 1 is 1.10 bits per heavy atom. The Kier molecular flexibility index (Phi) is 5.71. The third kappa shape index (κ3) is 3.88. The highest BCUT2D eigenvalue weighted by Crippen LogP contribution is 2.40. The molecule has 0 aliphatic carbocycles. The molecule has 4 rings (SSSR count). The average Bonchev–Trinajstić information content (AvgIpc) is 3.06. The van der Waals surface area contributed by atoms with Crippen LogP contribution in [0.15, 0.2) is 48.5 Å². The summed E-state index contributed by atoms with van der Waals surface area (Å²) in [6.45, 7) is 0.253. The van der Waals surface area contributed by atoms with Crippen molar-refractivity contribution in [2.24, 2.45) is 5.92 Å². The van der Waals surface area contributed by atoms with E-state index >= 15 is 0 Å². The molecule has 1 amide bonds. The lowest BCUT2D eigenvalue weighted by atomic mass is 9.84. The van der Waals surface area contributed by atoms with E-state index in [1.807, 2.05) is 35.2 Å². The van der Waals surface area contributed by atoms with Crippen molar-refractivity contribution in [1.29, 1.82) is 5.26 Å². The van der Waals surface area contributed by atoms with Crippen molar-refractivity contribution in [3.8, 4) is 11.8 Å². The number of piperidine rings is 1. The van der Waals surface area contributed by atoms with Gasteiger partial charge >= 0.3 is 6.09 Å². The SMILES string of the molecule is COc1cc(C(=O)C2CC3CCC(C2)N3C(=O)OCc2ccccc2)ccc1C#N. The molecule has 0 N–H and O–H groups in total. The number of nitriles is 1. The quantitative estimate of drug-likeness (QED) is 0.693. The van der Waals surface area contributed by atoms with E-state index in [4.69, 9.17) is 14.7 Å². The molecular formula is C24H24N2O4. The molecule has 2 aliphatic heterocycles. The van der Waals surface area contributed by atoms with Crippen molar-refractivity contribution in [3.63, 3.8) is 0 Å². The van der Waals surface area contributed by atoms with E-state index in [1.165, 1.54) is 7.11 Å². The molecule has 2 saturated heterocycles. The molecule has 2 aromatic rings. The van der Waals surface area contributed by atoms with Gasteiger partial charge in [0.1, 0.15) is 18.4 Å². The number of fused-ring (bicyclic) bond motifs is 2. The third-order valence-electron chi connectivity index (χ3n) is 6.13. The summed E-state index contributed by atoms with van der Waals surface area (Å²) in [5.41, 5.74) is 1.92. The number of nitrogens with zero attached hydrogens (tertiary/aromatic N) is 2. The highest BCUT2D eigenvalue weighted by molar-refractivity contribution is 5.98. The van der Waals surface area contributed by atoms with E-state index in [2.05, 4.69) is 6.07 Å². The topological polar surface area (TPSA) is 79.6 Å². The number of hydrogen-bond donors (Lipinski definition) is 0. The van der Waals surface area contributed by atoms with Gasteiger partial charge in [0, 0.05) is 23.6 Å². The molecule has 2 atom stereocenters. The number of carbonyl (C=O) groups is 2. The maximum atomic E-state index is 13.1. The summed E-state index contributed by atoms with van der Waals surface area (Å²) in [5, 5.41) is 9.14. The van der Waals surface area contributed by atoms with Gasteiger partial charge in [0.2, 0.25) is 0 Å². The molecule has 154 valence electrons. The largest absolute Gasteiger partial charge is 0.495 e. The van der Waals surface area contributed by atoms with Crippen LogP contribution in [-0.2, 0) is 11.3 Å². The minimum atomic E-state index is -0.294. The third-order valence-corrected chi connectivity index (χ3v) is 6.13. The maximum Gasteiger partial charge on any atom is 0.410 e. The zero-order chi connectivity index (χ0) is 21.1. The van der Waals surface area contributed by atoms with Crippen LogP contribution < -0.4 is 4.74 Å². The molecule has 2 heterocycles. The lowest BCUT2D eigenvalue weighted by Gasteiger charge is -2.37. The summed E-state index contributed by atoms with van der Waals surface area (Å²) in [7, 11) is 1.49. The summed E-state index contributed by atoms with van der Waals surface area (Å²) in [4.78, 5) is 27.6. The van der Waals surface area contributed by atoms with Crippen molar-refractivity contribution in [3.05, 3.63) is 65.2 Å². The van der Waals surface area contributed by atoms with Gasteiger partial charge in [0.25, 0.3) is 0 Å². The lowest BCUT2D eigenvalue weighted by Crippen LogP contribution is -2.48. The van der Waals surface area contributed by atoms with Crippen LogP contribution in [0.3, 0.4) is 0 Å². The van der Waals surface area contributed by atoms with E-state index < -0.39 is 0 Å². The van der Waals surface area contributed by atoms with Crippen LogP contribution in [0.25, 0.3) is 0 Å². The fourth-order valence-electron chi connectivity index (χ4n) is 4.66. The Hall–Kier alpha value is -3.33. The second-order valence-electron chi connectivity index (χ2n) is 7.89. The molecule has 6 nitrogen and oxygen atoms in total. The van der Waals surface area contributed by atoms with Gasteiger partial charge in [0.05, 0.1) is 12.7 Å². The van der Waals surface area contributed by atoms with Crippen LogP contribution in [-0.4, -0.2) is 36.0 Å².